The molecule has 1 aliphatic rings. The van der Waals surface area contributed by atoms with Crippen molar-refractivity contribution in [3.8, 4) is 0 Å². The second kappa shape index (κ2) is 8.38. The van der Waals surface area contributed by atoms with Gasteiger partial charge in [-0.15, -0.1) is 0 Å². The minimum absolute atomic E-state index is 0.0191. The average molecular weight is 405 g/mol. The summed E-state index contributed by atoms with van der Waals surface area (Å²) >= 11 is 0. The molecule has 2 aromatic carbocycles. The predicted octanol–water partition coefficient (Wildman–Crippen LogP) is 1.81. The minimum Gasteiger partial charge on any atom is -0.329 e. The molecule has 1 N–H and O–H groups in total. The first-order valence-corrected chi connectivity index (χ1v) is 10.9. The largest absolute Gasteiger partial charge is 0.329 e. The van der Waals surface area contributed by atoms with Crippen LogP contribution in [0.15, 0.2) is 53.4 Å². The first-order valence-electron chi connectivity index (χ1n) is 9.44. The van der Waals surface area contributed by atoms with Gasteiger partial charge in [-0.3, -0.25) is 10.1 Å². The fourth-order valence-corrected chi connectivity index (χ4v) is 4.92. The van der Waals surface area contributed by atoms with Gasteiger partial charge in [0.2, 0.25) is 10.0 Å². The quantitative estimate of drug-likeness (QED) is 0.588. The molecule has 0 saturated carbocycles. The van der Waals surface area contributed by atoms with Gasteiger partial charge >= 0.3 is 0 Å². The summed E-state index contributed by atoms with van der Waals surface area (Å²) in [7, 11) is -3.71. The third-order valence-corrected chi connectivity index (χ3v) is 7.09. The van der Waals surface area contributed by atoms with E-state index in [1.807, 2.05) is 0 Å². The number of nitrogens with one attached hydrogen (secondary N) is 1. The summed E-state index contributed by atoms with van der Waals surface area (Å²) in [6.07, 6.45) is 0. The lowest BCUT2D eigenvalue weighted by atomic mass is 10.0. The van der Waals surface area contributed by atoms with Gasteiger partial charge in [0.1, 0.15) is 6.54 Å². The van der Waals surface area contributed by atoms with E-state index in [1.54, 1.807) is 0 Å². The van der Waals surface area contributed by atoms with E-state index >= 15 is 0 Å². The molecule has 0 radical (unpaired) electrons. The third kappa shape index (κ3) is 4.57. The molecule has 1 aliphatic heterocycles. The zero-order valence-electron chi connectivity index (χ0n) is 16.2. The summed E-state index contributed by atoms with van der Waals surface area (Å²) in [6, 6.07) is 13.9. The van der Waals surface area contributed by atoms with E-state index in [2.05, 4.69) is 38.1 Å². The molecule has 0 bridgehead atoms. The number of nitro groups is 1. The number of rotatable bonds is 6. The van der Waals surface area contributed by atoms with Crippen molar-refractivity contribution in [3.05, 3.63) is 69.8 Å². The van der Waals surface area contributed by atoms with Crippen molar-refractivity contribution in [3.63, 3.8) is 0 Å². The summed E-state index contributed by atoms with van der Waals surface area (Å²) in [5, 5.41) is 10.9. The highest BCUT2D eigenvalue weighted by Gasteiger charge is 2.31. The van der Waals surface area contributed by atoms with Crippen LogP contribution in [0, 0.1) is 10.1 Å². The van der Waals surface area contributed by atoms with E-state index in [9.17, 15) is 18.5 Å². The molecule has 0 aromatic heterocycles. The van der Waals surface area contributed by atoms with Crippen LogP contribution in [0.5, 0.6) is 0 Å². The molecule has 0 atom stereocenters. The number of hydrogen-bond donors (Lipinski definition) is 1. The highest BCUT2D eigenvalue weighted by atomic mass is 32.2. The SMILES string of the molecule is CC(C)c1ccc(C[NH+]2CCN(S(=O)(=O)c3cccc([N+](=O)[O-])c3)CC2)cc1. The van der Waals surface area contributed by atoms with Gasteiger partial charge in [0.05, 0.1) is 36.0 Å². The van der Waals surface area contributed by atoms with Crippen molar-refractivity contribution in [2.75, 3.05) is 26.2 Å². The van der Waals surface area contributed by atoms with Crippen LogP contribution >= 0.6 is 0 Å². The Balaban J connectivity index is 1.63. The van der Waals surface area contributed by atoms with Gasteiger partial charge in [0.15, 0.2) is 0 Å². The Morgan fingerprint density at radius 2 is 1.75 bits per heavy atom. The van der Waals surface area contributed by atoms with Crippen molar-refractivity contribution in [2.45, 2.75) is 31.2 Å². The topological polar surface area (TPSA) is 85.0 Å². The molecule has 1 fully saturated rings. The molecule has 2 aromatic rings. The number of nitrogens with zero attached hydrogens (tertiary/aromatic N) is 2. The van der Waals surface area contributed by atoms with Crippen LogP contribution in [0.1, 0.15) is 30.9 Å². The van der Waals surface area contributed by atoms with Crippen molar-refractivity contribution >= 4 is 15.7 Å². The van der Waals surface area contributed by atoms with Crippen molar-refractivity contribution in [1.29, 1.82) is 0 Å². The second-order valence-electron chi connectivity index (χ2n) is 7.48. The molecule has 28 heavy (non-hydrogen) atoms. The molecule has 7 nitrogen and oxygen atoms in total. The Morgan fingerprint density at radius 3 is 2.32 bits per heavy atom. The lowest BCUT2D eigenvalue weighted by molar-refractivity contribution is -0.917. The van der Waals surface area contributed by atoms with E-state index in [1.165, 1.54) is 38.5 Å². The molecule has 3 rings (SSSR count). The Morgan fingerprint density at radius 1 is 1.11 bits per heavy atom. The maximum absolute atomic E-state index is 12.8. The molecule has 0 unspecified atom stereocenters. The monoisotopic (exact) mass is 404 g/mol. The Bertz CT molecular complexity index is 934. The maximum atomic E-state index is 12.8. The van der Waals surface area contributed by atoms with E-state index in [0.717, 1.165) is 12.6 Å². The highest BCUT2D eigenvalue weighted by Crippen LogP contribution is 2.21. The van der Waals surface area contributed by atoms with Crippen molar-refractivity contribution in [1.82, 2.24) is 4.31 Å². The van der Waals surface area contributed by atoms with Crippen molar-refractivity contribution in [2.24, 2.45) is 0 Å². The zero-order chi connectivity index (χ0) is 20.3. The van der Waals surface area contributed by atoms with Gasteiger partial charge in [-0.1, -0.05) is 44.2 Å². The third-order valence-electron chi connectivity index (χ3n) is 5.20. The fourth-order valence-electron chi connectivity index (χ4n) is 3.44. The number of nitro benzene ring substituents is 1. The molecular weight excluding hydrogens is 378 g/mol. The lowest BCUT2D eigenvalue weighted by Crippen LogP contribution is -3.13. The Kier molecular flexibility index (Phi) is 6.12. The zero-order valence-corrected chi connectivity index (χ0v) is 17.0. The molecule has 1 heterocycles. The van der Waals surface area contributed by atoms with Crippen LogP contribution in [0.2, 0.25) is 0 Å². The minimum atomic E-state index is -3.71. The molecule has 8 heteroatoms. The molecular formula is C20H26N3O4S+. The fraction of sp³-hybridized carbons (Fsp3) is 0.400. The van der Waals surface area contributed by atoms with Crippen LogP contribution in [0.25, 0.3) is 0 Å². The number of piperazine rings is 1. The number of sulfonamides is 1. The summed E-state index contributed by atoms with van der Waals surface area (Å²) in [6.45, 7) is 7.43. The summed E-state index contributed by atoms with van der Waals surface area (Å²) in [4.78, 5) is 11.7. The summed E-state index contributed by atoms with van der Waals surface area (Å²) in [5.41, 5.74) is 2.34. The van der Waals surface area contributed by atoms with E-state index in [-0.39, 0.29) is 10.6 Å². The molecule has 0 amide bonds. The standard InChI is InChI=1S/C20H25N3O4S/c1-16(2)18-8-6-17(7-9-18)15-21-10-12-22(13-11-21)28(26,27)20-5-3-4-19(14-20)23(24)25/h3-9,14,16H,10-13,15H2,1-2H3/p+1. The first kappa shape index (κ1) is 20.4. The summed E-state index contributed by atoms with van der Waals surface area (Å²) in [5.74, 6) is 0.504. The first-order chi connectivity index (χ1) is 13.3. The predicted molar refractivity (Wildman–Crippen MR) is 107 cm³/mol. The van der Waals surface area contributed by atoms with E-state index in [0.29, 0.717) is 32.1 Å². The number of benzene rings is 2. The molecule has 0 spiro atoms. The van der Waals surface area contributed by atoms with Crippen LogP contribution in [-0.2, 0) is 16.6 Å². The average Bonchev–Trinajstić information content (AvgIpc) is 2.69. The number of hydrogen-bond acceptors (Lipinski definition) is 4. The van der Waals surface area contributed by atoms with Gasteiger partial charge in [-0.2, -0.15) is 4.31 Å². The van der Waals surface area contributed by atoms with Crippen LogP contribution in [0.3, 0.4) is 0 Å². The Hall–Kier alpha value is -2.29. The molecule has 150 valence electrons. The van der Waals surface area contributed by atoms with Crippen LogP contribution < -0.4 is 4.90 Å². The molecule has 1 saturated heterocycles. The van der Waals surface area contributed by atoms with Crippen molar-refractivity contribution < 1.29 is 18.2 Å². The van der Waals surface area contributed by atoms with E-state index in [4.69, 9.17) is 0 Å². The van der Waals surface area contributed by atoms with Gasteiger partial charge in [0.25, 0.3) is 5.69 Å². The number of quaternary nitrogens is 1. The summed E-state index contributed by atoms with van der Waals surface area (Å²) < 4.78 is 27.1. The highest BCUT2D eigenvalue weighted by molar-refractivity contribution is 7.89. The smallest absolute Gasteiger partial charge is 0.270 e. The molecule has 0 aliphatic carbocycles. The van der Waals surface area contributed by atoms with E-state index < -0.39 is 14.9 Å². The lowest BCUT2D eigenvalue weighted by Gasteiger charge is -2.31. The normalized spacial score (nSPS) is 16.4. The van der Waals surface area contributed by atoms with Crippen LogP contribution in [-0.4, -0.2) is 43.8 Å². The van der Waals surface area contributed by atoms with Gasteiger partial charge in [-0.25, -0.2) is 8.42 Å². The van der Waals surface area contributed by atoms with Gasteiger partial charge < -0.3 is 4.90 Å². The van der Waals surface area contributed by atoms with Crippen LogP contribution in [0.4, 0.5) is 5.69 Å². The van der Waals surface area contributed by atoms with Gasteiger partial charge in [0, 0.05) is 17.7 Å². The van der Waals surface area contributed by atoms with Gasteiger partial charge in [-0.05, 0) is 17.5 Å². The number of non-ortho nitro benzene ring substituents is 1. The Labute approximate surface area is 165 Å². The second-order valence-corrected chi connectivity index (χ2v) is 9.42. The maximum Gasteiger partial charge on any atom is 0.270 e.